The first-order valence-electron chi connectivity index (χ1n) is 9.31. The van der Waals surface area contributed by atoms with Crippen LogP contribution in [0.2, 0.25) is 0 Å². The van der Waals surface area contributed by atoms with E-state index in [9.17, 15) is 20.1 Å². The highest BCUT2D eigenvalue weighted by Crippen LogP contribution is 2.26. The second-order valence-electron chi connectivity index (χ2n) is 6.62. The van der Waals surface area contributed by atoms with Crippen LogP contribution in [0.25, 0.3) is 0 Å². The minimum atomic E-state index is -1.08. The highest BCUT2D eigenvalue weighted by atomic mass is 16.1. The Morgan fingerprint density at radius 3 is 1.37 bits per heavy atom. The SMILES string of the molecule is N#CCc1ccccc1[C@H](C#N)C(=O)CCC(=O)[C@H](C#N)c1ccccc1CC#N. The number of ketones is 2. The summed E-state index contributed by atoms with van der Waals surface area (Å²) in [4.78, 5) is 25.3. The topological polar surface area (TPSA) is 129 Å². The van der Waals surface area contributed by atoms with E-state index in [1.807, 2.05) is 24.3 Å². The lowest BCUT2D eigenvalue weighted by molar-refractivity contribution is -0.124. The van der Waals surface area contributed by atoms with Crippen molar-refractivity contribution in [3.05, 3.63) is 70.8 Å². The molecule has 2 atom stereocenters. The molecule has 2 aromatic carbocycles. The molecule has 30 heavy (non-hydrogen) atoms. The predicted octanol–water partition coefficient (Wildman–Crippen LogP) is 3.65. The molecule has 6 nitrogen and oxygen atoms in total. The molecule has 0 aromatic heterocycles. The smallest absolute Gasteiger partial charge is 0.154 e. The monoisotopic (exact) mass is 394 g/mol. The zero-order valence-electron chi connectivity index (χ0n) is 16.2. The molecule has 0 amide bonds. The fraction of sp³-hybridized carbons (Fsp3) is 0.250. The van der Waals surface area contributed by atoms with Crippen molar-refractivity contribution < 1.29 is 9.59 Å². The standard InChI is InChI=1S/C24H18N4O2/c25-13-11-17-5-1-3-7-19(17)21(15-27)23(29)9-10-24(30)22(16-28)20-8-4-2-6-18(20)12-14-26/h1-8,21-22H,9-12H2/t21-,22+. The van der Waals surface area contributed by atoms with E-state index in [2.05, 4.69) is 0 Å². The Balaban J connectivity index is 2.16. The van der Waals surface area contributed by atoms with E-state index in [1.165, 1.54) is 0 Å². The van der Waals surface area contributed by atoms with Crippen LogP contribution in [0, 0.1) is 45.3 Å². The van der Waals surface area contributed by atoms with Crippen molar-refractivity contribution in [1.82, 2.24) is 0 Å². The van der Waals surface area contributed by atoms with Crippen LogP contribution in [0.3, 0.4) is 0 Å². The normalized spacial score (nSPS) is 11.7. The van der Waals surface area contributed by atoms with E-state index < -0.39 is 23.4 Å². The second kappa shape index (κ2) is 10.9. The molecule has 2 aromatic rings. The summed E-state index contributed by atoms with van der Waals surface area (Å²) in [7, 11) is 0. The molecular formula is C24H18N4O2. The highest BCUT2D eigenvalue weighted by molar-refractivity contribution is 5.95. The van der Waals surface area contributed by atoms with Gasteiger partial charge in [-0.1, -0.05) is 48.5 Å². The van der Waals surface area contributed by atoms with Gasteiger partial charge in [-0.3, -0.25) is 9.59 Å². The fourth-order valence-corrected chi connectivity index (χ4v) is 3.29. The van der Waals surface area contributed by atoms with Crippen LogP contribution in [0.15, 0.2) is 48.5 Å². The summed E-state index contributed by atoms with van der Waals surface area (Å²) in [6.07, 6.45) is -0.216. The van der Waals surface area contributed by atoms with Crippen molar-refractivity contribution in [2.24, 2.45) is 0 Å². The molecular weight excluding hydrogens is 376 g/mol. The summed E-state index contributed by atoms with van der Waals surface area (Å²) in [6.45, 7) is 0. The molecule has 0 unspecified atom stereocenters. The summed E-state index contributed by atoms with van der Waals surface area (Å²) in [6, 6.07) is 21.5. The van der Waals surface area contributed by atoms with Crippen LogP contribution in [-0.4, -0.2) is 11.6 Å². The number of hydrogen-bond acceptors (Lipinski definition) is 6. The Kier molecular flexibility index (Phi) is 8.02. The molecule has 2 rings (SSSR count). The van der Waals surface area contributed by atoms with E-state index in [-0.39, 0.29) is 25.7 Å². The maximum Gasteiger partial charge on any atom is 0.154 e. The maximum absolute atomic E-state index is 12.7. The number of nitriles is 4. The molecule has 0 radical (unpaired) electrons. The third kappa shape index (κ3) is 5.17. The van der Waals surface area contributed by atoms with Crippen LogP contribution in [-0.2, 0) is 22.4 Å². The third-order valence-corrected chi connectivity index (χ3v) is 4.79. The second-order valence-corrected chi connectivity index (χ2v) is 6.62. The van der Waals surface area contributed by atoms with Crippen molar-refractivity contribution in [1.29, 1.82) is 21.0 Å². The van der Waals surface area contributed by atoms with Crippen LogP contribution in [0.4, 0.5) is 0 Å². The summed E-state index contributed by atoms with van der Waals surface area (Å²) >= 11 is 0. The van der Waals surface area contributed by atoms with Gasteiger partial charge in [0.1, 0.15) is 11.8 Å². The van der Waals surface area contributed by atoms with E-state index in [4.69, 9.17) is 10.5 Å². The lowest BCUT2D eigenvalue weighted by Crippen LogP contribution is -2.17. The number of benzene rings is 2. The zero-order chi connectivity index (χ0) is 21.9. The Morgan fingerprint density at radius 1 is 0.667 bits per heavy atom. The molecule has 0 saturated heterocycles. The third-order valence-electron chi connectivity index (χ3n) is 4.79. The first kappa shape index (κ1) is 22.0. The Hall–Kier alpha value is -4.26. The van der Waals surface area contributed by atoms with Crippen molar-refractivity contribution in [2.45, 2.75) is 37.5 Å². The van der Waals surface area contributed by atoms with Gasteiger partial charge in [0.25, 0.3) is 0 Å². The van der Waals surface area contributed by atoms with Gasteiger partial charge < -0.3 is 0 Å². The van der Waals surface area contributed by atoms with Gasteiger partial charge in [0, 0.05) is 12.8 Å². The number of hydrogen-bond donors (Lipinski definition) is 0. The molecule has 0 bridgehead atoms. The number of Topliss-reactive ketones (excluding diaryl/α,β-unsaturated/α-hetero) is 2. The largest absolute Gasteiger partial charge is 0.298 e. The van der Waals surface area contributed by atoms with E-state index in [0.29, 0.717) is 22.3 Å². The van der Waals surface area contributed by atoms with Gasteiger partial charge in [-0.05, 0) is 22.3 Å². The Labute approximate surface area is 175 Å². The van der Waals surface area contributed by atoms with Crippen LogP contribution in [0.1, 0.15) is 46.9 Å². The van der Waals surface area contributed by atoms with Crippen LogP contribution < -0.4 is 0 Å². The molecule has 0 N–H and O–H groups in total. The highest BCUT2D eigenvalue weighted by Gasteiger charge is 2.26. The molecule has 0 heterocycles. The summed E-state index contributed by atoms with van der Waals surface area (Å²) < 4.78 is 0. The number of rotatable bonds is 9. The van der Waals surface area contributed by atoms with Crippen LogP contribution >= 0.6 is 0 Å². The van der Waals surface area contributed by atoms with Gasteiger partial charge in [-0.25, -0.2) is 0 Å². The lowest BCUT2D eigenvalue weighted by atomic mass is 9.86. The number of nitrogens with zero attached hydrogens (tertiary/aromatic N) is 4. The fourth-order valence-electron chi connectivity index (χ4n) is 3.29. The maximum atomic E-state index is 12.7. The van der Waals surface area contributed by atoms with E-state index in [0.717, 1.165) is 0 Å². The molecule has 0 fully saturated rings. The van der Waals surface area contributed by atoms with Gasteiger partial charge in [0.15, 0.2) is 11.6 Å². The summed E-state index contributed by atoms with van der Waals surface area (Å²) in [5.41, 5.74) is 2.14. The van der Waals surface area contributed by atoms with Gasteiger partial charge in [-0.2, -0.15) is 21.0 Å². The van der Waals surface area contributed by atoms with E-state index in [1.54, 1.807) is 48.5 Å². The van der Waals surface area contributed by atoms with Crippen molar-refractivity contribution in [2.75, 3.05) is 0 Å². The minimum absolute atomic E-state index is 0.0761. The van der Waals surface area contributed by atoms with Gasteiger partial charge in [0.2, 0.25) is 0 Å². The number of carbonyl (C=O) groups excluding carboxylic acids is 2. The van der Waals surface area contributed by atoms with E-state index >= 15 is 0 Å². The lowest BCUT2D eigenvalue weighted by Gasteiger charge is -2.14. The average molecular weight is 394 g/mol. The number of carbonyl (C=O) groups is 2. The first-order valence-corrected chi connectivity index (χ1v) is 9.31. The van der Waals surface area contributed by atoms with Gasteiger partial charge in [0.05, 0.1) is 37.1 Å². The summed E-state index contributed by atoms with van der Waals surface area (Å²) in [5, 5.41) is 36.9. The molecule has 0 aliphatic rings. The molecule has 0 spiro atoms. The van der Waals surface area contributed by atoms with Crippen molar-refractivity contribution in [3.63, 3.8) is 0 Å². The van der Waals surface area contributed by atoms with Crippen molar-refractivity contribution in [3.8, 4) is 24.3 Å². The minimum Gasteiger partial charge on any atom is -0.298 e. The van der Waals surface area contributed by atoms with Gasteiger partial charge in [-0.15, -0.1) is 0 Å². The quantitative estimate of drug-likeness (QED) is 0.638. The Morgan fingerprint density at radius 2 is 1.03 bits per heavy atom. The van der Waals surface area contributed by atoms with Crippen LogP contribution in [0.5, 0.6) is 0 Å². The first-order chi connectivity index (χ1) is 14.6. The molecule has 146 valence electrons. The zero-order valence-corrected chi connectivity index (χ0v) is 16.2. The van der Waals surface area contributed by atoms with Gasteiger partial charge >= 0.3 is 0 Å². The predicted molar refractivity (Wildman–Crippen MR) is 107 cm³/mol. The average Bonchev–Trinajstić information content (AvgIpc) is 2.76. The molecule has 6 heteroatoms. The molecule has 0 aliphatic heterocycles. The van der Waals surface area contributed by atoms with Crippen molar-refractivity contribution >= 4 is 11.6 Å². The molecule has 0 aliphatic carbocycles. The Bertz CT molecular complexity index is 1020. The molecule has 0 saturated carbocycles. The summed E-state index contributed by atoms with van der Waals surface area (Å²) in [5.74, 6) is -3.01.